The molecule has 1 aliphatic heterocycles. The van der Waals surface area contributed by atoms with Crippen LogP contribution < -0.4 is 10.2 Å². The molecule has 0 unspecified atom stereocenters. The zero-order valence-corrected chi connectivity index (χ0v) is 12.6. The lowest BCUT2D eigenvalue weighted by Crippen LogP contribution is -2.38. The van der Waals surface area contributed by atoms with Crippen molar-refractivity contribution >= 4 is 5.82 Å². The summed E-state index contributed by atoms with van der Waals surface area (Å²) in [6.07, 6.45) is 5.11. The summed E-state index contributed by atoms with van der Waals surface area (Å²) < 4.78 is 5.04. The average molecular weight is 278 g/mol. The first kappa shape index (κ1) is 15.2. The molecule has 0 saturated carbocycles. The Morgan fingerprint density at radius 1 is 1.35 bits per heavy atom. The van der Waals surface area contributed by atoms with Crippen LogP contribution >= 0.6 is 0 Å². The molecule has 0 radical (unpaired) electrons. The molecule has 1 saturated heterocycles. The zero-order chi connectivity index (χ0) is 14.2. The average Bonchev–Trinajstić information content (AvgIpc) is 2.52. The van der Waals surface area contributed by atoms with Gasteiger partial charge < -0.3 is 15.0 Å². The predicted octanol–water partition coefficient (Wildman–Crippen LogP) is 1.49. The highest BCUT2D eigenvalue weighted by molar-refractivity contribution is 5.39. The Balaban J connectivity index is 1.76. The Morgan fingerprint density at radius 2 is 2.15 bits per heavy atom. The normalized spacial score (nSPS) is 16.6. The van der Waals surface area contributed by atoms with Crippen LogP contribution in [0.25, 0.3) is 0 Å². The summed E-state index contributed by atoms with van der Waals surface area (Å²) in [5, 5.41) is 3.46. The molecule has 112 valence electrons. The van der Waals surface area contributed by atoms with E-state index in [0.717, 1.165) is 56.6 Å². The molecule has 1 N–H and O–H groups in total. The zero-order valence-electron chi connectivity index (χ0n) is 12.6. The summed E-state index contributed by atoms with van der Waals surface area (Å²) >= 11 is 0. The van der Waals surface area contributed by atoms with E-state index in [2.05, 4.69) is 33.2 Å². The molecule has 0 atom stereocenters. The van der Waals surface area contributed by atoms with Gasteiger partial charge >= 0.3 is 0 Å². The fourth-order valence-corrected chi connectivity index (χ4v) is 2.60. The van der Waals surface area contributed by atoms with Crippen LogP contribution in [0.15, 0.2) is 12.4 Å². The second-order valence-corrected chi connectivity index (χ2v) is 5.35. The number of piperidine rings is 1. The lowest BCUT2D eigenvalue weighted by Gasteiger charge is -2.33. The lowest BCUT2D eigenvalue weighted by atomic mass is 9.97. The molecule has 0 spiro atoms. The number of anilines is 1. The molecular weight excluding hydrogens is 252 g/mol. The van der Waals surface area contributed by atoms with Crippen LogP contribution in [0.5, 0.6) is 0 Å². The van der Waals surface area contributed by atoms with Crippen molar-refractivity contribution in [2.75, 3.05) is 44.8 Å². The molecule has 0 bridgehead atoms. The van der Waals surface area contributed by atoms with Crippen LogP contribution in [-0.2, 0) is 11.2 Å². The topological polar surface area (TPSA) is 50.3 Å². The first-order valence-corrected chi connectivity index (χ1v) is 7.59. The van der Waals surface area contributed by atoms with Gasteiger partial charge in [0.2, 0.25) is 0 Å². The van der Waals surface area contributed by atoms with Crippen molar-refractivity contribution in [2.24, 2.45) is 5.92 Å². The molecule has 2 heterocycles. The Bertz CT molecular complexity index is 391. The van der Waals surface area contributed by atoms with Crippen molar-refractivity contribution < 1.29 is 4.74 Å². The molecule has 1 aromatic heterocycles. The number of hydrogen-bond acceptors (Lipinski definition) is 5. The van der Waals surface area contributed by atoms with Gasteiger partial charge in [-0.1, -0.05) is 6.92 Å². The maximum Gasteiger partial charge on any atom is 0.132 e. The van der Waals surface area contributed by atoms with Crippen LogP contribution in [-0.4, -0.2) is 49.9 Å². The third kappa shape index (κ3) is 4.42. The molecular formula is C15H26N4O. The summed E-state index contributed by atoms with van der Waals surface area (Å²) in [5.74, 6) is 1.86. The van der Waals surface area contributed by atoms with E-state index in [0.29, 0.717) is 0 Å². The quantitative estimate of drug-likeness (QED) is 0.766. The van der Waals surface area contributed by atoms with Gasteiger partial charge in [0.15, 0.2) is 0 Å². The van der Waals surface area contributed by atoms with Crippen molar-refractivity contribution in [2.45, 2.75) is 26.2 Å². The van der Waals surface area contributed by atoms with E-state index in [1.165, 1.54) is 12.8 Å². The van der Waals surface area contributed by atoms with E-state index in [1.54, 1.807) is 13.4 Å². The highest BCUT2D eigenvalue weighted by atomic mass is 16.5. The first-order valence-electron chi connectivity index (χ1n) is 7.59. The number of aryl methyl sites for hydroxylation is 1. The molecule has 0 amide bonds. The van der Waals surface area contributed by atoms with Gasteiger partial charge in [0.1, 0.15) is 12.1 Å². The fourth-order valence-electron chi connectivity index (χ4n) is 2.60. The summed E-state index contributed by atoms with van der Waals surface area (Å²) in [6, 6.07) is 2.12. The summed E-state index contributed by atoms with van der Waals surface area (Å²) in [4.78, 5) is 11.1. The number of rotatable bonds is 7. The highest BCUT2D eigenvalue weighted by Crippen LogP contribution is 2.21. The number of methoxy groups -OCH3 is 1. The molecule has 2 rings (SSSR count). The first-order chi connectivity index (χ1) is 9.83. The van der Waals surface area contributed by atoms with Gasteiger partial charge in [-0.15, -0.1) is 0 Å². The maximum absolute atomic E-state index is 5.04. The van der Waals surface area contributed by atoms with E-state index in [4.69, 9.17) is 4.74 Å². The Hall–Kier alpha value is -1.20. The van der Waals surface area contributed by atoms with Gasteiger partial charge in [0, 0.05) is 38.5 Å². The number of nitrogens with one attached hydrogen (secondary N) is 1. The van der Waals surface area contributed by atoms with Crippen LogP contribution in [0.4, 0.5) is 5.82 Å². The van der Waals surface area contributed by atoms with Crippen LogP contribution in [0.1, 0.15) is 25.5 Å². The Kier molecular flexibility index (Phi) is 6.21. The van der Waals surface area contributed by atoms with Crippen molar-refractivity contribution in [3.8, 4) is 0 Å². The van der Waals surface area contributed by atoms with Crippen molar-refractivity contribution in [3.05, 3.63) is 18.1 Å². The molecule has 1 aromatic rings. The van der Waals surface area contributed by atoms with Crippen molar-refractivity contribution in [1.29, 1.82) is 0 Å². The summed E-state index contributed by atoms with van der Waals surface area (Å²) in [5.41, 5.74) is 1.12. The minimum atomic E-state index is 0.774. The molecule has 0 aliphatic carbocycles. The van der Waals surface area contributed by atoms with Gasteiger partial charge in [0.25, 0.3) is 0 Å². The molecule has 5 heteroatoms. The molecule has 0 aromatic carbocycles. The number of nitrogens with zero attached hydrogens (tertiary/aromatic N) is 3. The largest absolute Gasteiger partial charge is 0.383 e. The van der Waals surface area contributed by atoms with E-state index in [-0.39, 0.29) is 0 Å². The fraction of sp³-hybridized carbons (Fsp3) is 0.733. The van der Waals surface area contributed by atoms with E-state index >= 15 is 0 Å². The predicted molar refractivity (Wildman–Crippen MR) is 81.1 cm³/mol. The standard InChI is InChI=1S/C15H26N4O/c1-3-14-10-15(18-12-17-14)19-7-4-13(5-8-19)11-16-6-9-20-2/h10,12-13,16H,3-9,11H2,1-2H3. The third-order valence-corrected chi connectivity index (χ3v) is 3.93. The van der Waals surface area contributed by atoms with Crippen LogP contribution in [0.2, 0.25) is 0 Å². The van der Waals surface area contributed by atoms with Gasteiger partial charge in [-0.25, -0.2) is 9.97 Å². The minimum Gasteiger partial charge on any atom is -0.383 e. The third-order valence-electron chi connectivity index (χ3n) is 3.93. The van der Waals surface area contributed by atoms with Crippen molar-refractivity contribution in [3.63, 3.8) is 0 Å². The maximum atomic E-state index is 5.04. The number of hydrogen-bond donors (Lipinski definition) is 1. The van der Waals surface area contributed by atoms with Gasteiger partial charge in [0.05, 0.1) is 6.61 Å². The monoisotopic (exact) mass is 278 g/mol. The second-order valence-electron chi connectivity index (χ2n) is 5.35. The van der Waals surface area contributed by atoms with Crippen LogP contribution in [0, 0.1) is 5.92 Å². The molecule has 5 nitrogen and oxygen atoms in total. The van der Waals surface area contributed by atoms with Crippen molar-refractivity contribution in [1.82, 2.24) is 15.3 Å². The molecule has 20 heavy (non-hydrogen) atoms. The second kappa shape index (κ2) is 8.17. The van der Waals surface area contributed by atoms with Gasteiger partial charge in [-0.3, -0.25) is 0 Å². The number of aromatic nitrogens is 2. The smallest absolute Gasteiger partial charge is 0.132 e. The van der Waals surface area contributed by atoms with E-state index in [1.807, 2.05) is 0 Å². The minimum absolute atomic E-state index is 0.774. The summed E-state index contributed by atoms with van der Waals surface area (Å²) in [6.45, 7) is 7.15. The van der Waals surface area contributed by atoms with Crippen LogP contribution in [0.3, 0.4) is 0 Å². The van der Waals surface area contributed by atoms with Gasteiger partial charge in [-0.05, 0) is 31.7 Å². The van der Waals surface area contributed by atoms with Gasteiger partial charge in [-0.2, -0.15) is 0 Å². The van der Waals surface area contributed by atoms with E-state index in [9.17, 15) is 0 Å². The molecule has 1 fully saturated rings. The lowest BCUT2D eigenvalue weighted by molar-refractivity contribution is 0.196. The number of ether oxygens (including phenoxy) is 1. The highest BCUT2D eigenvalue weighted by Gasteiger charge is 2.19. The Morgan fingerprint density at radius 3 is 2.85 bits per heavy atom. The molecule has 1 aliphatic rings. The SMILES string of the molecule is CCc1cc(N2CCC(CNCCOC)CC2)ncn1. The summed E-state index contributed by atoms with van der Waals surface area (Å²) in [7, 11) is 1.74. The Labute approximate surface area is 121 Å². The van der Waals surface area contributed by atoms with E-state index < -0.39 is 0 Å².